The van der Waals surface area contributed by atoms with Crippen LogP contribution in [-0.4, -0.2) is 27.5 Å². The molecule has 0 saturated heterocycles. The highest BCUT2D eigenvalue weighted by molar-refractivity contribution is 7.10. The summed E-state index contributed by atoms with van der Waals surface area (Å²) < 4.78 is 0. The molecule has 0 bridgehead atoms. The van der Waals surface area contributed by atoms with Gasteiger partial charge in [0, 0.05) is 11.4 Å². The van der Waals surface area contributed by atoms with Gasteiger partial charge in [-0.15, -0.1) is 11.3 Å². The highest BCUT2D eigenvalue weighted by atomic mass is 32.1. The maximum atomic E-state index is 9.38. The molecular formula is C12H21NO2S. The molecule has 0 radical (unpaired) electrons. The van der Waals surface area contributed by atoms with Crippen molar-refractivity contribution in [1.29, 1.82) is 0 Å². The largest absolute Gasteiger partial charge is 0.391 e. The van der Waals surface area contributed by atoms with Crippen molar-refractivity contribution >= 4 is 11.3 Å². The predicted octanol–water partition coefficient (Wildman–Crippen LogP) is 2.83. The summed E-state index contributed by atoms with van der Waals surface area (Å²) in [5.74, 6) is 0. The summed E-state index contributed by atoms with van der Waals surface area (Å²) in [5.41, 5.74) is 0.795. The molecular weight excluding hydrogens is 222 g/mol. The quantitative estimate of drug-likeness (QED) is 0.736. The minimum atomic E-state index is -0.500. The Labute approximate surface area is 101 Å². The molecule has 0 amide bonds. The summed E-state index contributed by atoms with van der Waals surface area (Å²) in [6.45, 7) is 8.03. The van der Waals surface area contributed by atoms with Gasteiger partial charge in [0.2, 0.25) is 0 Å². The summed E-state index contributed by atoms with van der Waals surface area (Å²) in [5, 5.41) is 21.4. The zero-order valence-electron chi connectivity index (χ0n) is 10.4. The van der Waals surface area contributed by atoms with Crippen molar-refractivity contribution in [3.05, 3.63) is 21.9 Å². The lowest BCUT2D eigenvalue weighted by Gasteiger charge is -2.27. The molecule has 1 aliphatic heterocycles. The number of thiophene rings is 1. The first kappa shape index (κ1) is 13.6. The van der Waals surface area contributed by atoms with Crippen LogP contribution in [0.15, 0.2) is 11.4 Å². The molecule has 0 aliphatic carbocycles. The molecule has 2 N–H and O–H groups in total. The van der Waals surface area contributed by atoms with Crippen LogP contribution in [-0.2, 0) is 6.42 Å². The third-order valence-electron chi connectivity index (χ3n) is 2.24. The van der Waals surface area contributed by atoms with Crippen molar-refractivity contribution in [2.75, 3.05) is 6.54 Å². The Bertz CT molecular complexity index is 324. The van der Waals surface area contributed by atoms with Crippen molar-refractivity contribution < 1.29 is 10.3 Å². The molecule has 0 aromatic carbocycles. The second-order valence-electron chi connectivity index (χ2n) is 5.06. The normalized spacial score (nSPS) is 21.0. The Kier molecular flexibility index (Phi) is 4.50. The molecule has 1 atom stereocenters. The van der Waals surface area contributed by atoms with E-state index in [9.17, 15) is 5.21 Å². The Morgan fingerprint density at radius 3 is 2.56 bits per heavy atom. The van der Waals surface area contributed by atoms with E-state index < -0.39 is 5.60 Å². The molecule has 92 valence electrons. The van der Waals surface area contributed by atoms with E-state index >= 15 is 0 Å². The average molecular weight is 243 g/mol. The molecule has 1 aliphatic rings. The molecule has 0 saturated carbocycles. The third-order valence-corrected chi connectivity index (χ3v) is 3.24. The van der Waals surface area contributed by atoms with Gasteiger partial charge in [-0.1, -0.05) is 0 Å². The summed E-state index contributed by atoms with van der Waals surface area (Å²) >= 11 is 1.79. The van der Waals surface area contributed by atoms with Crippen LogP contribution >= 0.6 is 11.3 Å². The molecule has 2 heterocycles. The topological polar surface area (TPSA) is 43.7 Å². The monoisotopic (exact) mass is 243 g/mol. The lowest BCUT2D eigenvalue weighted by atomic mass is 10.0. The van der Waals surface area contributed by atoms with Crippen molar-refractivity contribution in [3.8, 4) is 0 Å². The van der Waals surface area contributed by atoms with Crippen LogP contribution in [0.4, 0.5) is 0 Å². The van der Waals surface area contributed by atoms with E-state index in [-0.39, 0.29) is 6.04 Å². The number of rotatable bonds is 0. The highest BCUT2D eigenvalue weighted by Crippen LogP contribution is 2.31. The van der Waals surface area contributed by atoms with Crippen LogP contribution < -0.4 is 0 Å². The minimum absolute atomic E-state index is 0.185. The van der Waals surface area contributed by atoms with Gasteiger partial charge in [0.05, 0.1) is 11.6 Å². The molecule has 3 nitrogen and oxygen atoms in total. The second kappa shape index (κ2) is 5.27. The number of aliphatic hydroxyl groups is 1. The molecule has 0 unspecified atom stereocenters. The van der Waals surface area contributed by atoms with E-state index in [1.807, 2.05) is 6.92 Å². The molecule has 0 spiro atoms. The van der Waals surface area contributed by atoms with Crippen molar-refractivity contribution in [1.82, 2.24) is 5.06 Å². The van der Waals surface area contributed by atoms with E-state index in [0.717, 1.165) is 13.0 Å². The van der Waals surface area contributed by atoms with Crippen LogP contribution in [0.25, 0.3) is 0 Å². The number of hydroxylamine groups is 2. The number of hydrogen-bond donors (Lipinski definition) is 2. The van der Waals surface area contributed by atoms with Gasteiger partial charge in [-0.05, 0) is 51.1 Å². The molecule has 0 fully saturated rings. The number of hydrogen-bond acceptors (Lipinski definition) is 4. The standard InChI is InChI=1S/C8H11NOS.C4H10O/c1-6-7-3-5-11-8(7)2-4-9(6)10;1-4(2,3)5/h3,5-6,10H,2,4H2,1H3;5H,1-3H3/t6-;/m1./s1. The van der Waals surface area contributed by atoms with Crippen LogP contribution in [0.2, 0.25) is 0 Å². The minimum Gasteiger partial charge on any atom is -0.391 e. The van der Waals surface area contributed by atoms with Gasteiger partial charge in [0.1, 0.15) is 0 Å². The first-order valence-electron chi connectivity index (χ1n) is 5.53. The SMILES string of the molecule is CC(C)(C)O.C[C@@H]1c2ccsc2CCN1O. The number of nitrogens with zero attached hydrogens (tertiary/aromatic N) is 1. The van der Waals surface area contributed by atoms with Crippen LogP contribution in [0.3, 0.4) is 0 Å². The van der Waals surface area contributed by atoms with E-state index in [2.05, 4.69) is 11.4 Å². The van der Waals surface area contributed by atoms with E-state index in [1.165, 1.54) is 15.5 Å². The molecule has 16 heavy (non-hydrogen) atoms. The lowest BCUT2D eigenvalue weighted by Crippen LogP contribution is -2.29. The zero-order valence-corrected chi connectivity index (χ0v) is 11.2. The molecule has 4 heteroatoms. The van der Waals surface area contributed by atoms with Crippen molar-refractivity contribution in [2.45, 2.75) is 45.8 Å². The van der Waals surface area contributed by atoms with Gasteiger partial charge in [0.25, 0.3) is 0 Å². The molecule has 2 rings (SSSR count). The molecule has 1 aromatic heterocycles. The maximum Gasteiger partial charge on any atom is 0.0582 e. The van der Waals surface area contributed by atoms with E-state index in [4.69, 9.17) is 5.11 Å². The Balaban J connectivity index is 0.000000221. The smallest absolute Gasteiger partial charge is 0.0582 e. The van der Waals surface area contributed by atoms with Crippen LogP contribution in [0.1, 0.15) is 44.2 Å². The van der Waals surface area contributed by atoms with Gasteiger partial charge >= 0.3 is 0 Å². The van der Waals surface area contributed by atoms with E-state index in [0.29, 0.717) is 0 Å². The number of fused-ring (bicyclic) bond motifs is 1. The summed E-state index contributed by atoms with van der Waals surface area (Å²) in [6, 6.07) is 2.29. The fourth-order valence-electron chi connectivity index (χ4n) is 1.50. The average Bonchev–Trinajstić information content (AvgIpc) is 2.57. The Morgan fingerprint density at radius 1 is 1.44 bits per heavy atom. The first-order valence-corrected chi connectivity index (χ1v) is 6.41. The van der Waals surface area contributed by atoms with Gasteiger partial charge in [0.15, 0.2) is 0 Å². The summed E-state index contributed by atoms with van der Waals surface area (Å²) in [7, 11) is 0. The fraction of sp³-hybridized carbons (Fsp3) is 0.667. The van der Waals surface area contributed by atoms with Crippen LogP contribution in [0.5, 0.6) is 0 Å². The van der Waals surface area contributed by atoms with E-state index in [1.54, 1.807) is 32.1 Å². The first-order chi connectivity index (χ1) is 7.29. The zero-order chi connectivity index (χ0) is 12.3. The van der Waals surface area contributed by atoms with Gasteiger partial charge in [-0.3, -0.25) is 0 Å². The van der Waals surface area contributed by atoms with Crippen molar-refractivity contribution in [3.63, 3.8) is 0 Å². The lowest BCUT2D eigenvalue weighted by molar-refractivity contribution is -0.127. The highest BCUT2D eigenvalue weighted by Gasteiger charge is 2.22. The summed E-state index contributed by atoms with van der Waals surface area (Å²) in [4.78, 5) is 1.43. The van der Waals surface area contributed by atoms with Crippen LogP contribution in [0, 0.1) is 0 Å². The Hall–Kier alpha value is -0.420. The predicted molar refractivity (Wildman–Crippen MR) is 66.9 cm³/mol. The van der Waals surface area contributed by atoms with Gasteiger partial charge in [-0.25, -0.2) is 0 Å². The fourth-order valence-corrected chi connectivity index (χ4v) is 2.46. The summed E-state index contributed by atoms with van der Waals surface area (Å²) in [6.07, 6.45) is 0.994. The third kappa shape index (κ3) is 4.22. The van der Waals surface area contributed by atoms with Crippen molar-refractivity contribution in [2.24, 2.45) is 0 Å². The Morgan fingerprint density at radius 2 is 2.00 bits per heavy atom. The second-order valence-corrected chi connectivity index (χ2v) is 6.06. The molecule has 1 aromatic rings. The van der Waals surface area contributed by atoms with Gasteiger partial charge in [-0.2, -0.15) is 5.06 Å². The maximum absolute atomic E-state index is 9.38. The van der Waals surface area contributed by atoms with Gasteiger partial charge < -0.3 is 10.3 Å².